The molecule has 0 aliphatic carbocycles. The van der Waals surface area contributed by atoms with Crippen LogP contribution >= 0.6 is 0 Å². The van der Waals surface area contributed by atoms with E-state index in [1.165, 1.54) is 9.80 Å². The van der Waals surface area contributed by atoms with E-state index < -0.39 is 0 Å². The first-order valence-corrected chi connectivity index (χ1v) is 16.8. The largest absolute Gasteiger partial charge is 0.328 e. The lowest BCUT2D eigenvalue weighted by molar-refractivity contribution is -0.897. The molecule has 0 unspecified atom stereocenters. The van der Waals surface area contributed by atoms with Crippen LogP contribution < -0.4 is 0 Å². The van der Waals surface area contributed by atoms with Gasteiger partial charge in [-0.25, -0.2) is 0 Å². The third-order valence-corrected chi connectivity index (χ3v) is 9.41. The second-order valence-corrected chi connectivity index (χ2v) is 16.9. The number of carbonyl (C=O) groups excluding carboxylic acids is 4. The molecule has 2 heterocycles. The van der Waals surface area contributed by atoms with E-state index in [0.29, 0.717) is 35.3 Å². The smallest absolute Gasteiger partial charge is 0.261 e. The minimum Gasteiger partial charge on any atom is -0.328 e. The Labute approximate surface area is 276 Å². The van der Waals surface area contributed by atoms with E-state index in [1.54, 1.807) is 12.1 Å². The Balaban J connectivity index is 1.18. The van der Waals surface area contributed by atoms with Crippen LogP contribution in [0, 0.1) is 24.7 Å². The number of fused-ring (bicyclic) bond motifs is 2. The van der Waals surface area contributed by atoms with Crippen LogP contribution in [0.15, 0.2) is 36.4 Å². The molecule has 8 nitrogen and oxygen atoms in total. The summed E-state index contributed by atoms with van der Waals surface area (Å²) in [5, 5.41) is 0. The molecule has 0 radical (unpaired) electrons. The summed E-state index contributed by atoms with van der Waals surface area (Å²) in [5.41, 5.74) is 3.63. The molecule has 0 fully saturated rings. The second-order valence-electron chi connectivity index (χ2n) is 16.9. The molecule has 4 rings (SSSR count). The van der Waals surface area contributed by atoms with E-state index in [4.69, 9.17) is 0 Å². The minimum absolute atomic E-state index is 0.175. The number of unbranched alkanes of at least 4 members (excludes halogenated alkanes) is 3. The first-order valence-electron chi connectivity index (χ1n) is 16.8. The van der Waals surface area contributed by atoms with Crippen LogP contribution in [0.4, 0.5) is 0 Å². The third-order valence-electron chi connectivity index (χ3n) is 9.41. The average molecular weight is 633 g/mol. The number of benzene rings is 2. The van der Waals surface area contributed by atoms with Crippen molar-refractivity contribution in [1.82, 2.24) is 9.80 Å². The molecule has 2 aliphatic heterocycles. The number of imide groups is 2. The molecule has 8 heteroatoms. The van der Waals surface area contributed by atoms with Crippen molar-refractivity contribution in [2.75, 3.05) is 67.5 Å². The predicted molar refractivity (Wildman–Crippen MR) is 183 cm³/mol. The van der Waals surface area contributed by atoms with Gasteiger partial charge in [0.15, 0.2) is 0 Å². The van der Waals surface area contributed by atoms with Gasteiger partial charge in [-0.15, -0.1) is 0 Å². The summed E-state index contributed by atoms with van der Waals surface area (Å²) in [4.78, 5) is 55.0. The van der Waals surface area contributed by atoms with Gasteiger partial charge in [0.2, 0.25) is 0 Å². The summed E-state index contributed by atoms with van der Waals surface area (Å²) in [5.74, 6) is -0.709. The van der Waals surface area contributed by atoms with Gasteiger partial charge in [-0.3, -0.25) is 29.0 Å². The minimum atomic E-state index is -0.216. The van der Waals surface area contributed by atoms with E-state index in [-0.39, 0.29) is 34.5 Å². The van der Waals surface area contributed by atoms with Gasteiger partial charge in [-0.05, 0) is 63.8 Å². The Morgan fingerprint density at radius 2 is 0.848 bits per heavy atom. The first kappa shape index (κ1) is 35.5. The number of rotatable bonds is 15. The van der Waals surface area contributed by atoms with Crippen LogP contribution in [-0.4, -0.2) is 110 Å². The summed E-state index contributed by atoms with van der Waals surface area (Å²) in [6.07, 6.45) is 4.54. The Kier molecular flexibility index (Phi) is 10.1. The topological polar surface area (TPSA) is 74.8 Å². The predicted octanol–water partition coefficient (Wildman–Crippen LogP) is 5.96. The number of carbonyl (C=O) groups is 4. The highest BCUT2D eigenvalue weighted by atomic mass is 16.2. The quantitative estimate of drug-likeness (QED) is 0.138. The molecule has 2 aliphatic rings. The molecule has 0 spiro atoms. The van der Waals surface area contributed by atoms with Crippen molar-refractivity contribution in [3.8, 4) is 0 Å². The average Bonchev–Trinajstić information content (AvgIpc) is 3.28. The molecular formula is C38H56N4O4+2. The molecule has 46 heavy (non-hydrogen) atoms. The molecular weight excluding hydrogens is 576 g/mol. The molecule has 0 N–H and O–H groups in total. The van der Waals surface area contributed by atoms with Crippen LogP contribution in [0.25, 0.3) is 0 Å². The SMILES string of the molecule is Cc1ccc2c(c1)C(=O)N(CC(C)(C)C[N+](C)(C)CCCCCC[N+](C)(C)CC(C)(C)CN1C(=O)c3ccc(C)cc3C1=O)C2=O. The monoisotopic (exact) mass is 632 g/mol. The van der Waals surface area contributed by atoms with Crippen LogP contribution in [0.2, 0.25) is 0 Å². The highest BCUT2D eigenvalue weighted by Gasteiger charge is 2.42. The van der Waals surface area contributed by atoms with Gasteiger partial charge >= 0.3 is 0 Å². The zero-order valence-electron chi connectivity index (χ0n) is 30.0. The number of hydrogen-bond acceptors (Lipinski definition) is 4. The molecule has 4 amide bonds. The van der Waals surface area contributed by atoms with Gasteiger partial charge in [0.05, 0.1) is 76.6 Å². The van der Waals surface area contributed by atoms with Gasteiger partial charge in [0.25, 0.3) is 23.6 Å². The van der Waals surface area contributed by atoms with Crippen molar-refractivity contribution in [3.63, 3.8) is 0 Å². The van der Waals surface area contributed by atoms with E-state index in [0.717, 1.165) is 72.0 Å². The lowest BCUT2D eigenvalue weighted by Gasteiger charge is -2.39. The fourth-order valence-electron chi connectivity index (χ4n) is 7.96. The molecule has 0 saturated carbocycles. The molecule has 2 aromatic carbocycles. The van der Waals surface area contributed by atoms with Crippen molar-refractivity contribution >= 4 is 23.6 Å². The summed E-state index contributed by atoms with van der Waals surface area (Å²) in [6, 6.07) is 11.0. The van der Waals surface area contributed by atoms with Crippen molar-refractivity contribution in [2.45, 2.75) is 67.2 Å². The molecule has 0 bridgehead atoms. The fraction of sp³-hybridized carbons (Fsp3) is 0.579. The molecule has 250 valence electrons. The number of amides is 4. The van der Waals surface area contributed by atoms with Crippen molar-refractivity contribution in [1.29, 1.82) is 0 Å². The van der Waals surface area contributed by atoms with E-state index in [9.17, 15) is 19.2 Å². The Hall–Kier alpha value is -3.36. The number of hydrogen-bond donors (Lipinski definition) is 0. The van der Waals surface area contributed by atoms with Crippen molar-refractivity contribution < 1.29 is 28.1 Å². The van der Waals surface area contributed by atoms with Crippen molar-refractivity contribution in [3.05, 3.63) is 69.8 Å². The van der Waals surface area contributed by atoms with Gasteiger partial charge in [-0.2, -0.15) is 0 Å². The summed E-state index contributed by atoms with van der Waals surface area (Å²) in [6.45, 7) is 17.1. The normalized spacial score (nSPS) is 15.7. The van der Waals surface area contributed by atoms with Crippen LogP contribution in [-0.2, 0) is 0 Å². The molecule has 2 aromatic rings. The fourth-order valence-corrected chi connectivity index (χ4v) is 7.96. The van der Waals surface area contributed by atoms with Crippen LogP contribution in [0.1, 0.15) is 106 Å². The highest BCUT2D eigenvalue weighted by Crippen LogP contribution is 2.31. The van der Waals surface area contributed by atoms with E-state index >= 15 is 0 Å². The van der Waals surface area contributed by atoms with Gasteiger partial charge in [0.1, 0.15) is 0 Å². The Morgan fingerprint density at radius 3 is 1.20 bits per heavy atom. The maximum absolute atomic E-state index is 13.0. The number of nitrogens with zero attached hydrogens (tertiary/aromatic N) is 4. The van der Waals surface area contributed by atoms with Crippen LogP contribution in [0.5, 0.6) is 0 Å². The Morgan fingerprint density at radius 1 is 0.522 bits per heavy atom. The number of aryl methyl sites for hydroxylation is 2. The maximum atomic E-state index is 13.0. The summed E-state index contributed by atoms with van der Waals surface area (Å²) in [7, 11) is 8.96. The Bertz CT molecular complexity index is 1410. The summed E-state index contributed by atoms with van der Waals surface area (Å²) >= 11 is 0. The van der Waals surface area contributed by atoms with Crippen LogP contribution in [0.3, 0.4) is 0 Å². The first-order chi connectivity index (χ1) is 21.2. The van der Waals surface area contributed by atoms with Crippen molar-refractivity contribution in [2.24, 2.45) is 10.8 Å². The van der Waals surface area contributed by atoms with Gasteiger partial charge in [0, 0.05) is 23.9 Å². The molecule has 0 atom stereocenters. The zero-order valence-corrected chi connectivity index (χ0v) is 30.0. The highest BCUT2D eigenvalue weighted by molar-refractivity contribution is 6.22. The van der Waals surface area contributed by atoms with Gasteiger partial charge in [-0.1, -0.05) is 51.0 Å². The number of quaternary nitrogens is 2. The third kappa shape index (κ3) is 8.31. The second kappa shape index (κ2) is 13.0. The van der Waals surface area contributed by atoms with Gasteiger partial charge < -0.3 is 8.97 Å². The van der Waals surface area contributed by atoms with E-state index in [1.807, 2.05) is 38.1 Å². The lowest BCUT2D eigenvalue weighted by Crippen LogP contribution is -2.51. The summed E-state index contributed by atoms with van der Waals surface area (Å²) < 4.78 is 1.67. The molecule has 0 aromatic heterocycles. The maximum Gasteiger partial charge on any atom is 0.261 e. The van der Waals surface area contributed by atoms with E-state index in [2.05, 4.69) is 55.9 Å². The zero-order chi connectivity index (χ0) is 34.2. The standard InChI is InChI=1S/C38H56N4O4/c1-27-15-17-29-31(21-27)35(45)39(33(29)43)23-37(3,4)25-41(7,8)19-13-11-12-14-20-42(9,10)26-38(5,6)24-40-34(44)30-18-16-28(2)22-32(30)36(40)46/h15-18,21-22H,11-14,19-20,23-26H2,1-10H3/q+2. The molecule has 0 saturated heterocycles. The lowest BCUT2D eigenvalue weighted by atomic mass is 9.90.